The largest absolute Gasteiger partial charge is 0.375 e. The van der Waals surface area contributed by atoms with Crippen LogP contribution in [0.4, 0.5) is 11.4 Å². The quantitative estimate of drug-likeness (QED) is 0.873. The third-order valence-electron chi connectivity index (χ3n) is 3.96. The molecule has 1 atom stereocenters. The summed E-state index contributed by atoms with van der Waals surface area (Å²) in [6.07, 6.45) is 1.66. The van der Waals surface area contributed by atoms with Crippen LogP contribution in [0.3, 0.4) is 0 Å². The topological polar surface area (TPSA) is 70.7 Å². The first kappa shape index (κ1) is 17.7. The maximum atomic E-state index is 12.2. The van der Waals surface area contributed by atoms with E-state index in [9.17, 15) is 9.59 Å². The predicted molar refractivity (Wildman–Crippen MR) is 91.1 cm³/mol. The van der Waals surface area contributed by atoms with Crippen molar-refractivity contribution in [3.63, 3.8) is 0 Å². The molecule has 126 valence electrons. The van der Waals surface area contributed by atoms with Gasteiger partial charge in [-0.05, 0) is 18.6 Å². The number of halogens is 1. The van der Waals surface area contributed by atoms with Crippen molar-refractivity contribution in [1.82, 2.24) is 5.32 Å². The van der Waals surface area contributed by atoms with Crippen LogP contribution in [0.25, 0.3) is 0 Å². The zero-order chi connectivity index (χ0) is 15.4. The number of benzene rings is 1. The Balaban J connectivity index is 0.00000192. The van der Waals surface area contributed by atoms with Gasteiger partial charge in [-0.3, -0.25) is 9.59 Å². The lowest BCUT2D eigenvalue weighted by molar-refractivity contribution is -0.119. The molecular formula is C16H22ClN3O3. The summed E-state index contributed by atoms with van der Waals surface area (Å²) in [6.45, 7) is 2.87. The molecule has 2 aliphatic rings. The summed E-state index contributed by atoms with van der Waals surface area (Å²) in [5, 5.41) is 6.12. The van der Waals surface area contributed by atoms with E-state index in [1.807, 2.05) is 24.3 Å². The smallest absolute Gasteiger partial charge is 0.227 e. The highest BCUT2D eigenvalue weighted by Crippen LogP contribution is 2.29. The summed E-state index contributed by atoms with van der Waals surface area (Å²) in [5.74, 6) is 0.0225. The van der Waals surface area contributed by atoms with Crippen LogP contribution < -0.4 is 15.5 Å². The van der Waals surface area contributed by atoms with Crippen molar-refractivity contribution in [3.05, 3.63) is 24.3 Å². The van der Waals surface area contributed by atoms with E-state index in [-0.39, 0.29) is 30.3 Å². The van der Waals surface area contributed by atoms with E-state index in [1.165, 1.54) is 0 Å². The third kappa shape index (κ3) is 4.43. The van der Waals surface area contributed by atoms with Gasteiger partial charge in [0.15, 0.2) is 0 Å². The van der Waals surface area contributed by atoms with Crippen molar-refractivity contribution < 1.29 is 14.3 Å². The number of hydrogen-bond donors (Lipinski definition) is 2. The Bertz CT molecular complexity index is 561. The lowest BCUT2D eigenvalue weighted by atomic mass is 10.2. The molecule has 7 heteroatoms. The summed E-state index contributed by atoms with van der Waals surface area (Å²) >= 11 is 0. The molecule has 1 aromatic carbocycles. The number of nitrogens with zero attached hydrogens (tertiary/aromatic N) is 1. The highest BCUT2D eigenvalue weighted by atomic mass is 35.5. The molecule has 0 spiro atoms. The van der Waals surface area contributed by atoms with Crippen LogP contribution in [-0.2, 0) is 14.3 Å². The Morgan fingerprint density at radius 1 is 1.39 bits per heavy atom. The van der Waals surface area contributed by atoms with Gasteiger partial charge in [0.2, 0.25) is 11.8 Å². The third-order valence-corrected chi connectivity index (χ3v) is 3.96. The number of rotatable bonds is 4. The van der Waals surface area contributed by atoms with E-state index >= 15 is 0 Å². The van der Waals surface area contributed by atoms with Crippen molar-refractivity contribution in [2.24, 2.45) is 0 Å². The summed E-state index contributed by atoms with van der Waals surface area (Å²) in [5.41, 5.74) is 1.47. The van der Waals surface area contributed by atoms with E-state index in [0.717, 1.165) is 18.7 Å². The van der Waals surface area contributed by atoms with Gasteiger partial charge in [-0.15, -0.1) is 12.4 Å². The molecule has 1 aromatic rings. The molecule has 1 unspecified atom stereocenters. The molecule has 0 radical (unpaired) electrons. The fourth-order valence-corrected chi connectivity index (χ4v) is 2.88. The summed E-state index contributed by atoms with van der Waals surface area (Å²) in [4.78, 5) is 25.9. The van der Waals surface area contributed by atoms with Crippen LogP contribution in [0.15, 0.2) is 24.3 Å². The second-order valence-electron chi connectivity index (χ2n) is 5.62. The molecule has 2 saturated heterocycles. The summed E-state index contributed by atoms with van der Waals surface area (Å²) < 4.78 is 5.55. The van der Waals surface area contributed by atoms with Crippen LogP contribution >= 0.6 is 12.4 Å². The van der Waals surface area contributed by atoms with E-state index < -0.39 is 0 Å². The molecule has 0 aromatic heterocycles. The molecule has 0 saturated carbocycles. The molecule has 2 amide bonds. The average molecular weight is 340 g/mol. The van der Waals surface area contributed by atoms with Crippen molar-refractivity contribution in [2.75, 3.05) is 36.5 Å². The molecule has 23 heavy (non-hydrogen) atoms. The Kier molecular flexibility index (Phi) is 6.38. The summed E-state index contributed by atoms with van der Waals surface area (Å²) in [7, 11) is 0. The van der Waals surface area contributed by atoms with Crippen molar-refractivity contribution in [2.45, 2.75) is 25.4 Å². The first-order valence-corrected chi connectivity index (χ1v) is 7.75. The van der Waals surface area contributed by atoms with E-state index in [0.29, 0.717) is 38.2 Å². The average Bonchev–Trinajstić information content (AvgIpc) is 2.95. The van der Waals surface area contributed by atoms with Crippen LogP contribution in [0.1, 0.15) is 19.3 Å². The molecule has 2 heterocycles. The number of ether oxygens (including phenoxy) is 1. The zero-order valence-electron chi connectivity index (χ0n) is 12.9. The second kappa shape index (κ2) is 8.29. The normalized spacial score (nSPS) is 21.0. The van der Waals surface area contributed by atoms with E-state index in [2.05, 4.69) is 10.6 Å². The molecule has 0 aliphatic carbocycles. The highest BCUT2D eigenvalue weighted by molar-refractivity contribution is 6.02. The first-order valence-electron chi connectivity index (χ1n) is 7.75. The number of carbonyl (C=O) groups excluding carboxylic acids is 2. The maximum absolute atomic E-state index is 12.2. The number of anilines is 2. The predicted octanol–water partition coefficient (Wildman–Crippen LogP) is 1.55. The standard InChI is InChI=1S/C16H21N3O3.ClH/c20-15(10-12-11-17-7-9-22-12)18-13-4-1-2-5-14(13)19-8-3-6-16(19)21;/h1-2,4-5,12,17H,3,6-11H2,(H,18,20);1H. The maximum Gasteiger partial charge on any atom is 0.227 e. The highest BCUT2D eigenvalue weighted by Gasteiger charge is 2.24. The molecule has 0 bridgehead atoms. The SMILES string of the molecule is Cl.O=C(CC1CNCCO1)Nc1ccccc1N1CCCC1=O. The van der Waals surface area contributed by atoms with Crippen molar-refractivity contribution in [3.8, 4) is 0 Å². The second-order valence-corrected chi connectivity index (χ2v) is 5.62. The first-order chi connectivity index (χ1) is 10.7. The molecule has 2 N–H and O–H groups in total. The van der Waals surface area contributed by atoms with Gasteiger partial charge in [0, 0.05) is 26.1 Å². The minimum Gasteiger partial charge on any atom is -0.375 e. The van der Waals surface area contributed by atoms with Gasteiger partial charge < -0.3 is 20.3 Å². The Labute approximate surface area is 142 Å². The number of nitrogens with one attached hydrogen (secondary N) is 2. The molecular weight excluding hydrogens is 318 g/mol. The van der Waals surface area contributed by atoms with E-state index in [4.69, 9.17) is 4.74 Å². The summed E-state index contributed by atoms with van der Waals surface area (Å²) in [6, 6.07) is 7.44. The van der Waals surface area contributed by atoms with Gasteiger partial charge in [-0.2, -0.15) is 0 Å². The van der Waals surface area contributed by atoms with Crippen LogP contribution in [0.2, 0.25) is 0 Å². The van der Waals surface area contributed by atoms with Crippen LogP contribution in [0, 0.1) is 0 Å². The number of hydrogen-bond acceptors (Lipinski definition) is 4. The molecule has 3 rings (SSSR count). The fraction of sp³-hybridized carbons (Fsp3) is 0.500. The van der Waals surface area contributed by atoms with Gasteiger partial charge in [0.05, 0.1) is 30.5 Å². The minimum absolute atomic E-state index is 0. The van der Waals surface area contributed by atoms with Crippen molar-refractivity contribution >= 4 is 35.6 Å². The van der Waals surface area contributed by atoms with Gasteiger partial charge in [-0.25, -0.2) is 0 Å². The minimum atomic E-state index is -0.0900. The lowest BCUT2D eigenvalue weighted by Gasteiger charge is -2.24. The number of amides is 2. The lowest BCUT2D eigenvalue weighted by Crippen LogP contribution is -2.40. The van der Waals surface area contributed by atoms with E-state index in [1.54, 1.807) is 4.90 Å². The van der Waals surface area contributed by atoms with Gasteiger partial charge >= 0.3 is 0 Å². The Morgan fingerprint density at radius 3 is 2.91 bits per heavy atom. The Morgan fingerprint density at radius 2 is 2.22 bits per heavy atom. The fourth-order valence-electron chi connectivity index (χ4n) is 2.88. The van der Waals surface area contributed by atoms with Crippen LogP contribution in [0.5, 0.6) is 0 Å². The molecule has 2 fully saturated rings. The number of morpholine rings is 1. The number of carbonyl (C=O) groups is 2. The number of para-hydroxylation sites is 2. The van der Waals surface area contributed by atoms with Gasteiger partial charge in [-0.1, -0.05) is 12.1 Å². The zero-order valence-corrected chi connectivity index (χ0v) is 13.7. The Hall–Kier alpha value is -1.63. The monoisotopic (exact) mass is 339 g/mol. The molecule has 2 aliphatic heterocycles. The van der Waals surface area contributed by atoms with Crippen molar-refractivity contribution in [1.29, 1.82) is 0 Å². The van der Waals surface area contributed by atoms with Gasteiger partial charge in [0.1, 0.15) is 0 Å². The van der Waals surface area contributed by atoms with Gasteiger partial charge in [0.25, 0.3) is 0 Å². The van der Waals surface area contributed by atoms with Crippen LogP contribution in [-0.4, -0.2) is 44.2 Å². The molecule has 6 nitrogen and oxygen atoms in total.